The van der Waals surface area contributed by atoms with Crippen LogP contribution >= 0.6 is 0 Å². The van der Waals surface area contributed by atoms with E-state index in [0.29, 0.717) is 24.3 Å². The van der Waals surface area contributed by atoms with E-state index in [1.807, 2.05) is 0 Å². The standard InChI is InChI=1S/C19H10F12N2.ClH/c20-16(21,22)10-4-11(17(23,24)25)7-14(6-10)32-2-1-3-33-15-8-12(18(26,27)28)5-13(9-15)19(29,30)31;/h1-9,32H;1H. The van der Waals surface area contributed by atoms with Gasteiger partial charge < -0.3 is 17.7 Å². The van der Waals surface area contributed by atoms with E-state index in [9.17, 15) is 52.7 Å². The summed E-state index contributed by atoms with van der Waals surface area (Å²) in [7, 11) is 0. The van der Waals surface area contributed by atoms with Crippen LogP contribution in [0.3, 0.4) is 0 Å². The van der Waals surface area contributed by atoms with Crippen molar-refractivity contribution in [3.05, 3.63) is 70.9 Å². The number of nitrogens with one attached hydrogen (secondary N) is 2. The van der Waals surface area contributed by atoms with Gasteiger partial charge in [-0.1, -0.05) is 0 Å². The zero-order valence-electron chi connectivity index (χ0n) is 16.1. The summed E-state index contributed by atoms with van der Waals surface area (Å²) in [6, 6.07) is 1.36. The fraction of sp³-hybridized carbons (Fsp3) is 0.211. The quantitative estimate of drug-likeness (QED) is 0.461. The van der Waals surface area contributed by atoms with Crippen molar-refractivity contribution in [3.8, 4) is 0 Å². The van der Waals surface area contributed by atoms with Crippen molar-refractivity contribution in [1.29, 1.82) is 0 Å². The van der Waals surface area contributed by atoms with Gasteiger partial charge in [-0.15, -0.1) is 0 Å². The number of anilines is 1. The molecule has 0 spiro atoms. The molecule has 2 rings (SSSR count). The second-order valence-corrected chi connectivity index (χ2v) is 6.40. The lowest BCUT2D eigenvalue weighted by molar-refractivity contribution is -0.347. The first kappa shape index (κ1) is 29.1. The smallest absolute Gasteiger partial charge is 0.416 e. The Bertz CT molecular complexity index is 983. The normalized spacial score (nSPS) is 13.4. The summed E-state index contributed by atoms with van der Waals surface area (Å²) in [4.78, 5) is 2.12. The second kappa shape index (κ2) is 10.2. The highest BCUT2D eigenvalue weighted by molar-refractivity contribution is 5.67. The molecule has 0 atom stereocenters. The van der Waals surface area contributed by atoms with E-state index >= 15 is 0 Å². The Morgan fingerprint density at radius 1 is 0.559 bits per heavy atom. The van der Waals surface area contributed by atoms with E-state index in [1.54, 1.807) is 0 Å². The molecule has 34 heavy (non-hydrogen) atoms. The molecule has 0 heterocycles. The highest BCUT2D eigenvalue weighted by atomic mass is 35.5. The summed E-state index contributed by atoms with van der Waals surface area (Å²) in [5, 5.41) is 2.12. The highest BCUT2D eigenvalue weighted by Crippen LogP contribution is 2.38. The van der Waals surface area contributed by atoms with Crippen LogP contribution in [0.15, 0.2) is 48.7 Å². The summed E-state index contributed by atoms with van der Waals surface area (Å²) in [6.07, 6.45) is -17.8. The van der Waals surface area contributed by atoms with Gasteiger partial charge in [0.25, 0.3) is 0 Å². The lowest BCUT2D eigenvalue weighted by Crippen LogP contribution is -3.00. The zero-order valence-corrected chi connectivity index (χ0v) is 16.9. The molecule has 0 saturated carbocycles. The Kier molecular flexibility index (Phi) is 8.70. The predicted octanol–water partition coefficient (Wildman–Crippen LogP) is 3.17. The van der Waals surface area contributed by atoms with Crippen LogP contribution in [0.25, 0.3) is 0 Å². The van der Waals surface area contributed by atoms with Gasteiger partial charge in [-0.3, -0.25) is 0 Å². The number of hydrogen-bond acceptors (Lipinski definition) is 1. The molecule has 15 heteroatoms. The monoisotopic (exact) mass is 530 g/mol. The average molecular weight is 531 g/mol. The Morgan fingerprint density at radius 3 is 1.26 bits per heavy atom. The molecular weight excluding hydrogens is 520 g/mol. The Morgan fingerprint density at radius 2 is 0.912 bits per heavy atom. The number of rotatable bonds is 4. The van der Waals surface area contributed by atoms with E-state index in [0.717, 1.165) is 18.5 Å². The lowest BCUT2D eigenvalue weighted by Gasteiger charge is -2.14. The van der Waals surface area contributed by atoms with Gasteiger partial charge in [-0.25, -0.2) is 4.99 Å². The van der Waals surface area contributed by atoms with Crippen molar-refractivity contribution in [2.45, 2.75) is 24.7 Å². The van der Waals surface area contributed by atoms with Gasteiger partial charge in [0.15, 0.2) is 6.21 Å². The summed E-state index contributed by atoms with van der Waals surface area (Å²) < 4.78 is 154. The van der Waals surface area contributed by atoms with Crippen molar-refractivity contribution >= 4 is 17.6 Å². The SMILES string of the molecule is FC(F)(F)c1cc(NC=CC=[NH+]c2cc(C(F)(F)F)cc(C(F)(F)F)c2)cc(C(F)(F)F)c1.[Cl-]. The molecule has 0 aromatic heterocycles. The molecule has 2 aromatic carbocycles. The van der Waals surface area contributed by atoms with Crippen LogP contribution < -0.4 is 22.7 Å². The number of hydrogen-bond donors (Lipinski definition) is 2. The first-order valence-corrected chi connectivity index (χ1v) is 8.48. The third-order valence-corrected chi connectivity index (χ3v) is 3.87. The van der Waals surface area contributed by atoms with Gasteiger partial charge in [0.2, 0.25) is 5.69 Å². The van der Waals surface area contributed by atoms with Gasteiger partial charge >= 0.3 is 24.7 Å². The molecule has 0 aliphatic heterocycles. The van der Waals surface area contributed by atoms with E-state index < -0.39 is 58.3 Å². The fourth-order valence-corrected chi connectivity index (χ4v) is 2.41. The van der Waals surface area contributed by atoms with E-state index in [2.05, 4.69) is 10.3 Å². The van der Waals surface area contributed by atoms with Gasteiger partial charge in [-0.05, 0) is 24.3 Å². The molecule has 0 aliphatic rings. The highest BCUT2D eigenvalue weighted by Gasteiger charge is 2.38. The van der Waals surface area contributed by atoms with Crippen molar-refractivity contribution < 1.29 is 70.1 Å². The third kappa shape index (κ3) is 8.15. The minimum absolute atomic E-state index is 0. The molecule has 0 fully saturated rings. The van der Waals surface area contributed by atoms with Crippen LogP contribution in [0.2, 0.25) is 0 Å². The number of benzene rings is 2. The van der Waals surface area contributed by atoms with Crippen molar-refractivity contribution in [2.24, 2.45) is 0 Å². The summed E-state index contributed by atoms with van der Waals surface area (Å²) >= 11 is 0. The maximum atomic E-state index is 12.8. The fourth-order valence-electron chi connectivity index (χ4n) is 2.41. The van der Waals surface area contributed by atoms with Crippen LogP contribution in [0.5, 0.6) is 0 Å². The number of allylic oxidation sites excluding steroid dienone is 1. The van der Waals surface area contributed by atoms with E-state index in [-0.39, 0.29) is 24.5 Å². The van der Waals surface area contributed by atoms with Crippen molar-refractivity contribution in [2.75, 3.05) is 5.32 Å². The molecule has 0 aliphatic carbocycles. The first-order valence-electron chi connectivity index (χ1n) is 8.48. The summed E-state index contributed by atoms with van der Waals surface area (Å²) in [6.45, 7) is 0. The maximum Gasteiger partial charge on any atom is 0.416 e. The van der Waals surface area contributed by atoms with Crippen LogP contribution in [0.4, 0.5) is 64.1 Å². The molecule has 2 N–H and O–H groups in total. The van der Waals surface area contributed by atoms with Gasteiger partial charge in [0.1, 0.15) is 0 Å². The van der Waals surface area contributed by atoms with Crippen LogP contribution in [-0.2, 0) is 24.7 Å². The number of halogens is 13. The van der Waals surface area contributed by atoms with Gasteiger partial charge in [-0.2, -0.15) is 52.7 Å². The Balaban J connectivity index is 0.00000578. The zero-order chi connectivity index (χ0) is 25.2. The maximum absolute atomic E-state index is 12.8. The Labute approximate surface area is 189 Å². The second-order valence-electron chi connectivity index (χ2n) is 6.40. The molecule has 0 bridgehead atoms. The van der Waals surface area contributed by atoms with Crippen LogP contribution in [-0.4, -0.2) is 6.21 Å². The summed E-state index contributed by atoms with van der Waals surface area (Å²) in [5.41, 5.74) is -7.56. The largest absolute Gasteiger partial charge is 1.00 e. The topological polar surface area (TPSA) is 26.0 Å². The molecule has 0 saturated heterocycles. The van der Waals surface area contributed by atoms with E-state index in [1.165, 1.54) is 0 Å². The number of alkyl halides is 12. The molecule has 0 unspecified atom stereocenters. The molecule has 188 valence electrons. The molecule has 0 radical (unpaired) electrons. The van der Waals surface area contributed by atoms with Crippen molar-refractivity contribution in [3.63, 3.8) is 0 Å². The molecular formula is C19H11ClF12N2. The van der Waals surface area contributed by atoms with Gasteiger partial charge in [0, 0.05) is 30.1 Å². The first-order chi connectivity index (χ1) is 14.9. The summed E-state index contributed by atoms with van der Waals surface area (Å²) in [5.74, 6) is 0. The molecule has 2 aromatic rings. The van der Waals surface area contributed by atoms with Crippen LogP contribution in [0.1, 0.15) is 22.3 Å². The van der Waals surface area contributed by atoms with Crippen molar-refractivity contribution in [1.82, 2.24) is 0 Å². The average Bonchev–Trinajstić information content (AvgIpc) is 2.64. The minimum atomic E-state index is -5.07. The van der Waals surface area contributed by atoms with E-state index in [4.69, 9.17) is 0 Å². The van der Waals surface area contributed by atoms with Crippen LogP contribution in [0, 0.1) is 0 Å². The Hall–Kier alpha value is -2.90. The lowest BCUT2D eigenvalue weighted by atomic mass is 10.1. The molecule has 0 amide bonds. The third-order valence-electron chi connectivity index (χ3n) is 3.87. The molecule has 2 nitrogen and oxygen atoms in total. The van der Waals surface area contributed by atoms with Gasteiger partial charge in [0.05, 0.1) is 22.3 Å². The minimum Gasteiger partial charge on any atom is -1.00 e. The predicted molar refractivity (Wildman–Crippen MR) is 92.3 cm³/mol.